The van der Waals surface area contributed by atoms with Crippen molar-refractivity contribution >= 4 is 39.0 Å². The quantitative estimate of drug-likeness (QED) is 0.415. The largest absolute Gasteiger partial charge is 0.465 e. The van der Waals surface area contributed by atoms with E-state index in [1.165, 1.54) is 36.1 Å². The molecular weight excluding hydrogens is 467 g/mol. The zero-order chi connectivity index (χ0) is 23.1. The number of hydrogen-bond acceptors (Lipinski definition) is 6. The molecule has 6 nitrogen and oxygen atoms in total. The van der Waals surface area contributed by atoms with Crippen LogP contribution in [-0.4, -0.2) is 39.4 Å². The molecule has 1 unspecified atom stereocenters. The number of carbonyl (C=O) groups excluding carboxylic acids is 1. The summed E-state index contributed by atoms with van der Waals surface area (Å²) in [5.41, 5.74) is -3.60. The second-order valence-corrected chi connectivity index (χ2v) is 8.37. The van der Waals surface area contributed by atoms with Crippen LogP contribution < -0.4 is 0 Å². The number of benzene rings is 2. The highest BCUT2D eigenvalue weighted by molar-refractivity contribution is 7.21. The van der Waals surface area contributed by atoms with Crippen molar-refractivity contribution in [1.82, 2.24) is 15.0 Å². The van der Waals surface area contributed by atoms with E-state index in [9.17, 15) is 23.1 Å². The van der Waals surface area contributed by atoms with E-state index >= 15 is 0 Å². The van der Waals surface area contributed by atoms with Crippen molar-refractivity contribution in [3.63, 3.8) is 0 Å². The van der Waals surface area contributed by atoms with Gasteiger partial charge < -0.3 is 9.84 Å². The molecule has 1 atom stereocenters. The normalized spacial score (nSPS) is 13.8. The lowest BCUT2D eigenvalue weighted by Crippen LogP contribution is -2.43. The van der Waals surface area contributed by atoms with Crippen LogP contribution in [0.15, 0.2) is 54.7 Å². The molecule has 0 aliphatic heterocycles. The van der Waals surface area contributed by atoms with Gasteiger partial charge in [-0.15, -0.1) is 16.4 Å². The molecule has 0 spiro atoms. The van der Waals surface area contributed by atoms with E-state index in [0.29, 0.717) is 15.6 Å². The molecule has 2 aromatic heterocycles. The van der Waals surface area contributed by atoms with Gasteiger partial charge in [0.25, 0.3) is 0 Å². The number of aliphatic hydroxyl groups is 1. The van der Waals surface area contributed by atoms with E-state index in [1.807, 2.05) is 0 Å². The number of nitrogens with zero attached hydrogens (tertiary/aromatic N) is 3. The minimum Gasteiger partial charge on any atom is -0.465 e. The van der Waals surface area contributed by atoms with Crippen LogP contribution in [0.2, 0.25) is 5.02 Å². The van der Waals surface area contributed by atoms with Crippen molar-refractivity contribution in [3.05, 3.63) is 81.4 Å². The maximum Gasteiger partial charge on any atom is 0.427 e. The summed E-state index contributed by atoms with van der Waals surface area (Å²) in [6.07, 6.45) is -3.95. The molecule has 4 aromatic rings. The van der Waals surface area contributed by atoms with E-state index in [4.69, 9.17) is 16.3 Å². The van der Waals surface area contributed by atoms with Crippen LogP contribution >= 0.6 is 22.9 Å². The number of ether oxygens (including phenoxy) is 1. The Morgan fingerprint density at radius 3 is 2.59 bits per heavy atom. The highest BCUT2D eigenvalue weighted by Gasteiger charge is 2.58. The lowest BCUT2D eigenvalue weighted by Gasteiger charge is -2.28. The van der Waals surface area contributed by atoms with Crippen LogP contribution in [0, 0.1) is 0 Å². The standard InChI is InChI=1S/C21H15ClF3N3O3S/c1-31-19(29)18-17(22)14-8-7-12(9-15(14)32-18)10-28-11-16(26-27-28)20(30,21(23,24)25)13-5-3-2-4-6-13/h2-9,11,30H,10H2,1H3. The Kier molecular flexibility index (Phi) is 5.70. The second-order valence-electron chi connectivity index (χ2n) is 6.94. The Morgan fingerprint density at radius 1 is 1.22 bits per heavy atom. The number of halogens is 4. The van der Waals surface area contributed by atoms with Gasteiger partial charge >= 0.3 is 12.1 Å². The SMILES string of the molecule is COC(=O)c1sc2cc(Cn3cc(C(O)(c4ccccc4)C(F)(F)F)nn3)ccc2c1Cl. The van der Waals surface area contributed by atoms with Crippen LogP contribution in [0.4, 0.5) is 13.2 Å². The van der Waals surface area contributed by atoms with Crippen LogP contribution in [0.5, 0.6) is 0 Å². The molecule has 4 rings (SSSR count). The molecule has 0 bridgehead atoms. The topological polar surface area (TPSA) is 77.2 Å². The first kappa shape index (κ1) is 22.3. The number of hydrogen-bond donors (Lipinski definition) is 1. The maximum absolute atomic E-state index is 13.8. The third kappa shape index (κ3) is 3.74. The minimum absolute atomic E-state index is 0.0920. The van der Waals surface area contributed by atoms with Gasteiger partial charge in [-0.05, 0) is 17.2 Å². The van der Waals surface area contributed by atoms with E-state index in [1.54, 1.807) is 24.3 Å². The Balaban J connectivity index is 1.67. The van der Waals surface area contributed by atoms with Gasteiger partial charge in [0.1, 0.15) is 10.6 Å². The van der Waals surface area contributed by atoms with Crippen molar-refractivity contribution in [2.24, 2.45) is 0 Å². The Morgan fingerprint density at radius 2 is 1.94 bits per heavy atom. The number of carbonyl (C=O) groups is 1. The number of alkyl halides is 3. The molecule has 0 saturated heterocycles. The fourth-order valence-corrected chi connectivity index (χ4v) is 4.79. The molecule has 32 heavy (non-hydrogen) atoms. The van der Waals surface area contributed by atoms with Gasteiger partial charge in [-0.2, -0.15) is 13.2 Å². The average Bonchev–Trinajstić information content (AvgIpc) is 3.37. The first-order chi connectivity index (χ1) is 15.1. The molecule has 2 aromatic carbocycles. The fraction of sp³-hybridized carbons (Fsp3) is 0.190. The van der Waals surface area contributed by atoms with Gasteiger partial charge in [-0.25, -0.2) is 9.48 Å². The summed E-state index contributed by atoms with van der Waals surface area (Å²) in [4.78, 5) is 12.1. The van der Waals surface area contributed by atoms with Crippen molar-refractivity contribution in [1.29, 1.82) is 0 Å². The molecule has 0 saturated carbocycles. The van der Waals surface area contributed by atoms with Crippen LogP contribution in [0.1, 0.15) is 26.5 Å². The zero-order valence-corrected chi connectivity index (χ0v) is 18.0. The molecule has 0 amide bonds. The van der Waals surface area contributed by atoms with Crippen molar-refractivity contribution < 1.29 is 27.8 Å². The van der Waals surface area contributed by atoms with E-state index in [-0.39, 0.29) is 22.0 Å². The van der Waals surface area contributed by atoms with Gasteiger partial charge in [0.05, 0.1) is 24.9 Å². The van der Waals surface area contributed by atoms with Crippen molar-refractivity contribution in [2.75, 3.05) is 7.11 Å². The molecule has 11 heteroatoms. The Hall–Kier alpha value is -2.95. The second kappa shape index (κ2) is 8.19. The van der Waals surface area contributed by atoms with Crippen LogP contribution in [0.25, 0.3) is 10.1 Å². The first-order valence-corrected chi connectivity index (χ1v) is 10.4. The first-order valence-electron chi connectivity index (χ1n) is 9.19. The van der Waals surface area contributed by atoms with Gasteiger partial charge in [0, 0.05) is 10.1 Å². The summed E-state index contributed by atoms with van der Waals surface area (Å²) in [6.45, 7) is 0.0920. The van der Waals surface area contributed by atoms with Gasteiger partial charge in [-0.1, -0.05) is 59.3 Å². The summed E-state index contributed by atoms with van der Waals surface area (Å²) < 4.78 is 48.2. The molecule has 166 valence electrons. The monoisotopic (exact) mass is 481 g/mol. The molecule has 0 fully saturated rings. The number of rotatable bonds is 5. The summed E-state index contributed by atoms with van der Waals surface area (Å²) in [5.74, 6) is -0.550. The lowest BCUT2D eigenvalue weighted by atomic mass is 9.90. The number of thiophene rings is 1. The lowest BCUT2D eigenvalue weighted by molar-refractivity contribution is -0.249. The van der Waals surface area contributed by atoms with Gasteiger partial charge in [-0.3, -0.25) is 0 Å². The van der Waals surface area contributed by atoms with E-state index in [0.717, 1.165) is 17.5 Å². The zero-order valence-electron chi connectivity index (χ0n) is 16.4. The predicted molar refractivity (Wildman–Crippen MR) is 113 cm³/mol. The van der Waals surface area contributed by atoms with E-state index < -0.39 is 23.4 Å². The Labute approximate surface area is 188 Å². The fourth-order valence-electron chi connectivity index (χ4n) is 3.30. The number of esters is 1. The van der Waals surface area contributed by atoms with Crippen molar-refractivity contribution in [3.8, 4) is 0 Å². The molecule has 0 radical (unpaired) electrons. The molecule has 0 aliphatic rings. The molecule has 1 N–H and O–H groups in total. The highest BCUT2D eigenvalue weighted by Crippen LogP contribution is 2.43. The van der Waals surface area contributed by atoms with Gasteiger partial charge in [0.15, 0.2) is 0 Å². The number of methoxy groups -OCH3 is 1. The summed E-state index contributed by atoms with van der Waals surface area (Å²) in [5, 5.41) is 18.9. The third-order valence-corrected chi connectivity index (χ3v) is 6.56. The highest BCUT2D eigenvalue weighted by atomic mass is 35.5. The van der Waals surface area contributed by atoms with Gasteiger partial charge in [0.2, 0.25) is 5.60 Å². The molecule has 0 aliphatic carbocycles. The summed E-state index contributed by atoms with van der Waals surface area (Å²) >= 11 is 7.40. The Bertz CT molecular complexity index is 1290. The average molecular weight is 482 g/mol. The van der Waals surface area contributed by atoms with Crippen molar-refractivity contribution in [2.45, 2.75) is 18.3 Å². The van der Waals surface area contributed by atoms with E-state index in [2.05, 4.69) is 10.3 Å². The molecule has 2 heterocycles. The van der Waals surface area contributed by atoms with Crippen LogP contribution in [0.3, 0.4) is 0 Å². The minimum atomic E-state index is -5.01. The number of fused-ring (bicyclic) bond motifs is 1. The predicted octanol–water partition coefficient (Wildman–Crippen LogP) is 4.78. The summed E-state index contributed by atoms with van der Waals surface area (Å²) in [6, 6.07) is 11.9. The molecular formula is C21H15ClF3N3O3S. The summed E-state index contributed by atoms with van der Waals surface area (Å²) in [7, 11) is 1.26. The maximum atomic E-state index is 13.8. The van der Waals surface area contributed by atoms with Crippen LogP contribution in [-0.2, 0) is 16.9 Å². The smallest absolute Gasteiger partial charge is 0.427 e. The third-order valence-electron chi connectivity index (χ3n) is 4.92. The number of aromatic nitrogens is 3.